The van der Waals surface area contributed by atoms with Crippen LogP contribution in [-0.2, 0) is 4.79 Å². The van der Waals surface area contributed by atoms with E-state index in [-0.39, 0.29) is 11.1 Å². The zero-order valence-electron chi connectivity index (χ0n) is 12.7. The number of thioether (sulfide) groups is 1. The summed E-state index contributed by atoms with van der Waals surface area (Å²) in [6.45, 7) is 3.94. The minimum Gasteiger partial charge on any atom is -0.365 e. The average Bonchev–Trinajstić information content (AvgIpc) is 2.78. The second-order valence-corrected chi connectivity index (χ2v) is 6.43. The van der Waals surface area contributed by atoms with E-state index in [1.54, 1.807) is 0 Å². The van der Waals surface area contributed by atoms with E-state index in [2.05, 4.69) is 5.32 Å². The van der Waals surface area contributed by atoms with Gasteiger partial charge in [0.05, 0.1) is 5.69 Å². The molecule has 1 atom stereocenters. The number of aryl methyl sites for hydroxylation is 2. The SMILES string of the molecule is Cc1ccc(NC2SC(=O)N(c3ccc(F)cc3)C2=O)c(C)c1. The molecule has 2 amide bonds. The lowest BCUT2D eigenvalue weighted by Crippen LogP contribution is -2.34. The summed E-state index contributed by atoms with van der Waals surface area (Å²) in [6, 6.07) is 11.1. The molecule has 0 aromatic heterocycles. The minimum absolute atomic E-state index is 0.355. The van der Waals surface area contributed by atoms with Crippen molar-refractivity contribution in [2.24, 2.45) is 0 Å². The maximum Gasteiger partial charge on any atom is 0.295 e. The van der Waals surface area contributed by atoms with Crippen LogP contribution in [0.15, 0.2) is 42.5 Å². The average molecular weight is 330 g/mol. The Kier molecular flexibility index (Phi) is 4.09. The van der Waals surface area contributed by atoms with Gasteiger partial charge in [0, 0.05) is 5.69 Å². The molecule has 1 fully saturated rings. The van der Waals surface area contributed by atoms with Crippen LogP contribution in [0.2, 0.25) is 0 Å². The predicted molar refractivity (Wildman–Crippen MR) is 90.2 cm³/mol. The first-order chi connectivity index (χ1) is 11.0. The fraction of sp³-hybridized carbons (Fsp3) is 0.176. The monoisotopic (exact) mass is 330 g/mol. The molecule has 0 aliphatic carbocycles. The molecule has 6 heteroatoms. The summed E-state index contributed by atoms with van der Waals surface area (Å²) in [5.41, 5.74) is 3.32. The first-order valence-electron chi connectivity index (χ1n) is 7.09. The van der Waals surface area contributed by atoms with Crippen LogP contribution >= 0.6 is 11.8 Å². The number of nitrogens with zero attached hydrogens (tertiary/aromatic N) is 1. The van der Waals surface area contributed by atoms with E-state index in [1.807, 2.05) is 32.0 Å². The van der Waals surface area contributed by atoms with Crippen LogP contribution in [-0.4, -0.2) is 16.5 Å². The summed E-state index contributed by atoms with van der Waals surface area (Å²) < 4.78 is 13.0. The van der Waals surface area contributed by atoms with E-state index >= 15 is 0 Å². The zero-order valence-corrected chi connectivity index (χ0v) is 13.5. The molecule has 0 radical (unpaired) electrons. The summed E-state index contributed by atoms with van der Waals surface area (Å²) in [5, 5.41) is 2.05. The topological polar surface area (TPSA) is 49.4 Å². The van der Waals surface area contributed by atoms with E-state index in [9.17, 15) is 14.0 Å². The molecule has 0 bridgehead atoms. The number of benzene rings is 2. The van der Waals surface area contributed by atoms with Gasteiger partial charge in [-0.3, -0.25) is 9.59 Å². The number of hydrogen-bond acceptors (Lipinski definition) is 4. The Bertz CT molecular complexity index is 777. The third kappa shape index (κ3) is 3.07. The molecule has 118 valence electrons. The first-order valence-corrected chi connectivity index (χ1v) is 7.97. The highest BCUT2D eigenvalue weighted by molar-refractivity contribution is 8.16. The molecule has 1 aliphatic rings. The van der Waals surface area contributed by atoms with Crippen molar-refractivity contribution in [3.8, 4) is 0 Å². The predicted octanol–water partition coefficient (Wildman–Crippen LogP) is 4.08. The second-order valence-electron chi connectivity index (χ2n) is 5.38. The van der Waals surface area contributed by atoms with Gasteiger partial charge in [-0.05, 0) is 61.5 Å². The Hall–Kier alpha value is -2.34. The van der Waals surface area contributed by atoms with Gasteiger partial charge in [0.2, 0.25) is 0 Å². The summed E-state index contributed by atoms with van der Waals surface area (Å²) in [4.78, 5) is 25.7. The van der Waals surface area contributed by atoms with Crippen molar-refractivity contribution in [1.82, 2.24) is 0 Å². The highest BCUT2D eigenvalue weighted by atomic mass is 32.2. The molecule has 1 unspecified atom stereocenters. The van der Waals surface area contributed by atoms with E-state index in [1.165, 1.54) is 24.3 Å². The van der Waals surface area contributed by atoms with Crippen molar-refractivity contribution in [2.45, 2.75) is 19.2 Å². The van der Waals surface area contributed by atoms with Crippen LogP contribution in [0.4, 0.5) is 20.6 Å². The van der Waals surface area contributed by atoms with Crippen molar-refractivity contribution in [3.05, 3.63) is 59.4 Å². The Morgan fingerprint density at radius 2 is 1.78 bits per heavy atom. The molecule has 2 aromatic carbocycles. The molecular formula is C17H15FN2O2S. The van der Waals surface area contributed by atoms with Gasteiger partial charge in [0.1, 0.15) is 5.82 Å². The minimum atomic E-state index is -0.686. The molecule has 23 heavy (non-hydrogen) atoms. The molecule has 3 rings (SSSR count). The summed E-state index contributed by atoms with van der Waals surface area (Å²) in [7, 11) is 0. The third-order valence-electron chi connectivity index (χ3n) is 3.60. The van der Waals surface area contributed by atoms with Gasteiger partial charge in [-0.25, -0.2) is 9.29 Å². The van der Waals surface area contributed by atoms with Gasteiger partial charge in [0.25, 0.3) is 11.1 Å². The Balaban J connectivity index is 1.82. The van der Waals surface area contributed by atoms with Crippen molar-refractivity contribution in [3.63, 3.8) is 0 Å². The summed E-state index contributed by atoms with van der Waals surface area (Å²) in [6.07, 6.45) is 0. The van der Waals surface area contributed by atoms with E-state index in [0.717, 1.165) is 33.5 Å². The van der Waals surface area contributed by atoms with E-state index in [4.69, 9.17) is 0 Å². The highest BCUT2D eigenvalue weighted by Gasteiger charge is 2.40. The quantitative estimate of drug-likeness (QED) is 0.921. The summed E-state index contributed by atoms with van der Waals surface area (Å²) >= 11 is 0.921. The number of hydrogen-bond donors (Lipinski definition) is 1. The van der Waals surface area contributed by atoms with Crippen LogP contribution < -0.4 is 10.2 Å². The van der Waals surface area contributed by atoms with Crippen molar-refractivity contribution < 1.29 is 14.0 Å². The maximum absolute atomic E-state index is 13.0. The van der Waals surface area contributed by atoms with Gasteiger partial charge in [-0.2, -0.15) is 0 Å². The lowest BCUT2D eigenvalue weighted by atomic mass is 10.1. The molecule has 0 spiro atoms. The van der Waals surface area contributed by atoms with Crippen molar-refractivity contribution in [1.29, 1.82) is 0 Å². The van der Waals surface area contributed by atoms with Crippen LogP contribution in [0.3, 0.4) is 0 Å². The van der Waals surface area contributed by atoms with Gasteiger partial charge in [-0.15, -0.1) is 0 Å². The molecule has 1 heterocycles. The molecule has 1 aliphatic heterocycles. The zero-order chi connectivity index (χ0) is 16.6. The second kappa shape index (κ2) is 6.04. The largest absolute Gasteiger partial charge is 0.365 e. The Morgan fingerprint density at radius 1 is 1.09 bits per heavy atom. The number of amides is 2. The van der Waals surface area contributed by atoms with Crippen LogP contribution in [0.5, 0.6) is 0 Å². The Labute approximate surface area is 137 Å². The van der Waals surface area contributed by atoms with Gasteiger partial charge in [-0.1, -0.05) is 17.7 Å². The fourth-order valence-electron chi connectivity index (χ4n) is 2.44. The molecule has 2 aromatic rings. The number of halogens is 1. The lowest BCUT2D eigenvalue weighted by molar-refractivity contribution is -0.116. The molecule has 0 saturated carbocycles. The number of carbonyl (C=O) groups is 2. The molecule has 1 saturated heterocycles. The van der Waals surface area contributed by atoms with Gasteiger partial charge in [0.15, 0.2) is 5.37 Å². The number of carbonyl (C=O) groups excluding carboxylic acids is 2. The number of imide groups is 1. The number of nitrogens with one attached hydrogen (secondary N) is 1. The van der Waals surface area contributed by atoms with Crippen molar-refractivity contribution in [2.75, 3.05) is 10.2 Å². The maximum atomic E-state index is 13.0. The van der Waals surface area contributed by atoms with Crippen LogP contribution in [0, 0.1) is 19.7 Å². The van der Waals surface area contributed by atoms with Crippen molar-refractivity contribution >= 4 is 34.3 Å². The first kappa shape index (κ1) is 15.6. The normalized spacial score (nSPS) is 17.7. The number of anilines is 2. The Morgan fingerprint density at radius 3 is 2.43 bits per heavy atom. The third-order valence-corrected chi connectivity index (χ3v) is 4.54. The summed E-state index contributed by atoms with van der Waals surface area (Å²) in [5.74, 6) is -0.767. The molecule has 4 nitrogen and oxygen atoms in total. The van der Waals surface area contributed by atoms with Crippen LogP contribution in [0.1, 0.15) is 11.1 Å². The van der Waals surface area contributed by atoms with E-state index in [0.29, 0.717) is 5.69 Å². The highest BCUT2D eigenvalue weighted by Crippen LogP contribution is 2.33. The van der Waals surface area contributed by atoms with Gasteiger partial charge >= 0.3 is 0 Å². The number of rotatable bonds is 3. The molecular weight excluding hydrogens is 315 g/mol. The fourth-order valence-corrected chi connectivity index (χ4v) is 3.34. The van der Waals surface area contributed by atoms with E-state index < -0.39 is 11.2 Å². The standard InChI is InChI=1S/C17H15FN2O2S/c1-10-3-8-14(11(2)9-10)19-15-16(21)20(17(22)23-15)13-6-4-12(18)5-7-13/h3-9,15,19H,1-2H3. The smallest absolute Gasteiger partial charge is 0.295 e. The van der Waals surface area contributed by atoms with Gasteiger partial charge < -0.3 is 5.32 Å². The lowest BCUT2D eigenvalue weighted by Gasteiger charge is -2.16. The molecule has 1 N–H and O–H groups in total. The van der Waals surface area contributed by atoms with Crippen LogP contribution in [0.25, 0.3) is 0 Å².